The van der Waals surface area contributed by atoms with Crippen LogP contribution in [0.2, 0.25) is 0 Å². The van der Waals surface area contributed by atoms with E-state index in [1.807, 2.05) is 54.6 Å². The van der Waals surface area contributed by atoms with E-state index in [2.05, 4.69) is 0 Å². The van der Waals surface area contributed by atoms with E-state index < -0.39 is 23.0 Å². The van der Waals surface area contributed by atoms with Gasteiger partial charge in [-0.15, -0.1) is 13.5 Å². The van der Waals surface area contributed by atoms with Gasteiger partial charge in [0.25, 0.3) is 0 Å². The Morgan fingerprint density at radius 1 is 0.300 bits per heavy atom. The second kappa shape index (κ2) is 30.3. The third kappa shape index (κ3) is 20.0. The minimum absolute atomic E-state index is 0.0146. The van der Waals surface area contributed by atoms with Crippen LogP contribution in [0, 0.1) is 0 Å². The maximum atomic E-state index is 6.71. The van der Waals surface area contributed by atoms with Crippen molar-refractivity contribution in [2.45, 2.75) is 0 Å². The van der Waals surface area contributed by atoms with E-state index in [0.29, 0.717) is 96.5 Å². The Balaban J connectivity index is 1.74. The van der Waals surface area contributed by atoms with Gasteiger partial charge in [-0.1, -0.05) is 54.6 Å². The Kier molecular flexibility index (Phi) is 25.2. The molecule has 0 unspecified atom stereocenters. The number of benzene rings is 3. The first-order valence-electron chi connectivity index (χ1n) is 19.6. The predicted molar refractivity (Wildman–Crippen MR) is 228 cm³/mol. The van der Waals surface area contributed by atoms with Crippen LogP contribution in [0.15, 0.2) is 105 Å². The van der Waals surface area contributed by atoms with Crippen molar-refractivity contribution in [2.75, 3.05) is 140 Å². The van der Waals surface area contributed by atoms with Gasteiger partial charge in [0, 0.05) is 21.3 Å². The maximum Gasteiger partial charge on any atom is 0.404 e. The van der Waals surface area contributed by atoms with Crippen LogP contribution in [-0.2, 0) is 56.2 Å². The highest BCUT2D eigenvalue weighted by Gasteiger charge is 2.46. The highest BCUT2D eigenvalue weighted by Crippen LogP contribution is 2.79. The van der Waals surface area contributed by atoms with E-state index in [1.165, 1.54) is 0 Å². The molecular formula is C39H60N3O15P3. The maximum absolute atomic E-state index is 6.71. The Morgan fingerprint density at radius 3 is 0.750 bits per heavy atom. The molecule has 0 bridgehead atoms. The molecule has 4 rings (SSSR count). The Bertz CT molecular complexity index is 1500. The summed E-state index contributed by atoms with van der Waals surface area (Å²) in [6, 6.07) is 27.3. The van der Waals surface area contributed by atoms with Crippen molar-refractivity contribution in [3.63, 3.8) is 0 Å². The van der Waals surface area contributed by atoms with Crippen LogP contribution in [0.5, 0.6) is 17.2 Å². The lowest BCUT2D eigenvalue weighted by Crippen LogP contribution is -2.14. The van der Waals surface area contributed by atoms with Crippen LogP contribution in [0.3, 0.4) is 0 Å². The summed E-state index contributed by atoms with van der Waals surface area (Å²) in [5.74, 6) is 1.28. The second-order valence-electron chi connectivity index (χ2n) is 12.1. The Hall–Kier alpha value is -2.73. The SMILES string of the molecule is COCCOCCOCCOP1(Oc2ccccc2)=NP(OCCOCCOCCOC)(Oc2ccccc2)=NP(OCCOCCOCCOC)(Oc2ccccc2)=N1. The molecule has 0 spiro atoms. The number of para-hydroxylation sites is 3. The van der Waals surface area contributed by atoms with Gasteiger partial charge in [-0.2, -0.15) is 0 Å². The number of hydrogen-bond donors (Lipinski definition) is 0. The molecule has 3 aromatic carbocycles. The molecule has 21 heteroatoms. The highest BCUT2D eigenvalue weighted by atomic mass is 31.3. The van der Waals surface area contributed by atoms with E-state index in [1.54, 1.807) is 57.7 Å². The van der Waals surface area contributed by atoms with Crippen molar-refractivity contribution in [3.8, 4) is 17.2 Å². The standard InChI is InChI=1S/C39H60N3O15P3/c1-43-19-22-46-25-28-49-31-34-52-58(55-37-13-7-4-8-14-37)40-59(56-38-15-9-5-10-16-38,53-35-32-50-29-26-47-23-20-44-2)42-60(41-58,57-39-17-11-6-12-18-39)54-36-33-51-30-27-48-24-21-45-3/h4-18H,19-36H2,1-3H3. The molecule has 0 saturated carbocycles. The summed E-state index contributed by atoms with van der Waals surface area (Å²) in [6.07, 6.45) is 0. The lowest BCUT2D eigenvalue weighted by molar-refractivity contribution is 0.0173. The molecule has 60 heavy (non-hydrogen) atoms. The van der Waals surface area contributed by atoms with Crippen molar-refractivity contribution in [3.05, 3.63) is 91.0 Å². The first-order chi connectivity index (χ1) is 29.5. The molecule has 0 saturated heterocycles. The second-order valence-corrected chi connectivity index (χ2v) is 18.5. The topological polar surface area (TPSA) is 176 Å². The predicted octanol–water partition coefficient (Wildman–Crippen LogP) is 8.16. The number of nitrogens with zero attached hydrogens (tertiary/aromatic N) is 3. The van der Waals surface area contributed by atoms with E-state index in [0.717, 1.165) is 0 Å². The van der Waals surface area contributed by atoms with Crippen LogP contribution < -0.4 is 13.6 Å². The highest BCUT2D eigenvalue weighted by molar-refractivity contribution is 7.78. The molecule has 0 fully saturated rings. The summed E-state index contributed by atoms with van der Waals surface area (Å²) in [5.41, 5.74) is 0. The summed E-state index contributed by atoms with van der Waals surface area (Å²) in [4.78, 5) is 0. The first kappa shape index (κ1) is 49.9. The van der Waals surface area contributed by atoms with Crippen molar-refractivity contribution >= 4 is 23.0 Å². The zero-order chi connectivity index (χ0) is 42.3. The molecule has 1 aliphatic heterocycles. The van der Waals surface area contributed by atoms with Crippen molar-refractivity contribution in [2.24, 2.45) is 13.5 Å². The first-order valence-corrected chi connectivity index (χ1v) is 24.2. The van der Waals surface area contributed by atoms with Gasteiger partial charge in [0.15, 0.2) is 0 Å². The summed E-state index contributed by atoms with van der Waals surface area (Å²) < 4.78 is 105. The molecule has 336 valence electrons. The molecule has 0 radical (unpaired) electrons. The summed E-state index contributed by atoms with van der Waals surface area (Å²) >= 11 is 0. The van der Waals surface area contributed by atoms with Crippen molar-refractivity contribution < 1.29 is 69.8 Å². The molecule has 0 aliphatic carbocycles. The third-order valence-corrected chi connectivity index (χ3v) is 15.8. The minimum Gasteiger partial charge on any atom is -0.422 e. The van der Waals surface area contributed by atoms with Crippen LogP contribution in [0.4, 0.5) is 0 Å². The van der Waals surface area contributed by atoms with E-state index in [4.69, 9.17) is 83.3 Å². The molecule has 3 aromatic rings. The number of ether oxygens (including phenoxy) is 9. The average Bonchev–Trinajstić information content (AvgIpc) is 3.25. The normalized spacial score (nSPS) is 19.9. The number of rotatable bonds is 36. The van der Waals surface area contributed by atoms with Gasteiger partial charge in [-0.25, -0.2) is 0 Å². The quantitative estimate of drug-likeness (QED) is 0.0403. The van der Waals surface area contributed by atoms with Gasteiger partial charge in [-0.3, -0.25) is 13.6 Å². The van der Waals surface area contributed by atoms with E-state index in [9.17, 15) is 0 Å². The molecule has 0 aromatic heterocycles. The minimum atomic E-state index is -3.87. The molecule has 18 nitrogen and oxygen atoms in total. The van der Waals surface area contributed by atoms with Crippen LogP contribution in [-0.4, -0.2) is 140 Å². The summed E-state index contributed by atoms with van der Waals surface area (Å²) in [7, 11) is -6.76. The van der Waals surface area contributed by atoms with Crippen LogP contribution in [0.1, 0.15) is 0 Å². The van der Waals surface area contributed by atoms with Crippen molar-refractivity contribution in [1.82, 2.24) is 0 Å². The fourth-order valence-corrected chi connectivity index (χ4v) is 13.9. The largest absolute Gasteiger partial charge is 0.422 e. The molecule has 0 amide bonds. The molecule has 1 heterocycles. The van der Waals surface area contributed by atoms with Gasteiger partial charge < -0.3 is 56.2 Å². The number of methoxy groups -OCH3 is 3. The van der Waals surface area contributed by atoms with Crippen LogP contribution in [0.25, 0.3) is 0 Å². The lowest BCUT2D eigenvalue weighted by Gasteiger charge is -2.33. The zero-order valence-electron chi connectivity index (χ0n) is 34.7. The number of hydrogen-bond acceptors (Lipinski definition) is 18. The van der Waals surface area contributed by atoms with Gasteiger partial charge in [-0.05, 0) is 36.4 Å². The van der Waals surface area contributed by atoms with Gasteiger partial charge in [0.1, 0.15) is 17.2 Å². The molecule has 0 atom stereocenters. The Labute approximate surface area is 354 Å². The van der Waals surface area contributed by atoms with E-state index in [-0.39, 0.29) is 39.6 Å². The van der Waals surface area contributed by atoms with Gasteiger partial charge in [0.2, 0.25) is 0 Å². The van der Waals surface area contributed by atoms with Crippen molar-refractivity contribution in [1.29, 1.82) is 0 Å². The third-order valence-electron chi connectivity index (χ3n) is 7.45. The smallest absolute Gasteiger partial charge is 0.404 e. The molecule has 1 aliphatic rings. The zero-order valence-corrected chi connectivity index (χ0v) is 37.4. The fourth-order valence-electron chi connectivity index (χ4n) is 4.72. The van der Waals surface area contributed by atoms with E-state index >= 15 is 0 Å². The summed E-state index contributed by atoms with van der Waals surface area (Å²) in [6.45, 7) is 5.46. The molecule has 0 N–H and O–H groups in total. The van der Waals surface area contributed by atoms with Crippen LogP contribution >= 0.6 is 23.0 Å². The van der Waals surface area contributed by atoms with Gasteiger partial charge in [0.05, 0.1) is 119 Å². The molecular weight excluding hydrogens is 843 g/mol. The fraction of sp³-hybridized carbons (Fsp3) is 0.538. The monoisotopic (exact) mass is 903 g/mol. The van der Waals surface area contributed by atoms with Gasteiger partial charge >= 0.3 is 23.0 Å². The lowest BCUT2D eigenvalue weighted by atomic mass is 10.3. The average molecular weight is 904 g/mol. The summed E-state index contributed by atoms with van der Waals surface area (Å²) in [5, 5.41) is 0. The Morgan fingerprint density at radius 2 is 0.517 bits per heavy atom.